The Bertz CT molecular complexity index is 1440. The molecule has 0 aromatic heterocycles. The van der Waals surface area contributed by atoms with Crippen LogP contribution in [-0.2, 0) is 16.0 Å². The summed E-state index contributed by atoms with van der Waals surface area (Å²) in [4.78, 5) is 30.5. The Morgan fingerprint density at radius 3 is 2.42 bits per heavy atom. The minimum Gasteiger partial charge on any atom is -0.507 e. The topological polar surface area (TPSA) is 90.3 Å². The Hall–Kier alpha value is -4.26. The van der Waals surface area contributed by atoms with Gasteiger partial charge < -0.3 is 19.8 Å². The van der Waals surface area contributed by atoms with Crippen molar-refractivity contribution in [2.75, 3.05) is 22.9 Å². The van der Waals surface area contributed by atoms with Crippen molar-refractivity contribution in [2.24, 2.45) is 0 Å². The number of ether oxygens (including phenoxy) is 1. The van der Waals surface area contributed by atoms with Gasteiger partial charge in [0.1, 0.15) is 23.4 Å². The first kappa shape index (κ1) is 25.4. The molecule has 1 amide bonds. The van der Waals surface area contributed by atoms with Crippen LogP contribution in [0.25, 0.3) is 5.76 Å². The van der Waals surface area contributed by atoms with Gasteiger partial charge in [0.15, 0.2) is 0 Å². The highest BCUT2D eigenvalue weighted by Gasteiger charge is 2.47. The number of aromatic hydroxyl groups is 1. The summed E-state index contributed by atoms with van der Waals surface area (Å²) in [6, 6.07) is 16.9. The number of aryl methyl sites for hydroxylation is 1. The third kappa shape index (κ3) is 4.28. The summed E-state index contributed by atoms with van der Waals surface area (Å²) in [5.74, 6) is -1.22. The number of rotatable bonds is 6. The fraction of sp³-hybridized carbons (Fsp3) is 0.290. The lowest BCUT2D eigenvalue weighted by molar-refractivity contribution is -0.132. The molecule has 2 aliphatic rings. The molecule has 1 fully saturated rings. The summed E-state index contributed by atoms with van der Waals surface area (Å²) in [5, 5.41) is 22.2. The van der Waals surface area contributed by atoms with Gasteiger partial charge >= 0.3 is 0 Å². The molecule has 0 radical (unpaired) electrons. The van der Waals surface area contributed by atoms with Crippen LogP contribution in [0.3, 0.4) is 0 Å². The predicted octanol–water partition coefficient (Wildman–Crippen LogP) is 5.50. The SMILES string of the molecule is CCN(CC)c1ccc(C2/C(=C(/O)c3ccc4c(c3)CC(C)O4)C(=O)C(=O)N2c2cc(C)ccc2O)cc1. The second-order valence-electron chi connectivity index (χ2n) is 9.88. The monoisotopic (exact) mass is 512 g/mol. The molecular formula is C31H32N2O5. The molecule has 2 aliphatic heterocycles. The van der Waals surface area contributed by atoms with Gasteiger partial charge in [0.05, 0.1) is 17.3 Å². The van der Waals surface area contributed by atoms with Crippen molar-refractivity contribution in [1.82, 2.24) is 0 Å². The maximum absolute atomic E-state index is 13.5. The van der Waals surface area contributed by atoms with Gasteiger partial charge in [0.25, 0.3) is 11.7 Å². The van der Waals surface area contributed by atoms with Crippen LogP contribution in [0.5, 0.6) is 11.5 Å². The molecule has 2 N–H and O–H groups in total. The highest BCUT2D eigenvalue weighted by atomic mass is 16.5. The molecular weight excluding hydrogens is 480 g/mol. The number of hydrogen-bond acceptors (Lipinski definition) is 6. The number of phenolic OH excluding ortho intramolecular Hbond substituents is 1. The van der Waals surface area contributed by atoms with Crippen molar-refractivity contribution < 1.29 is 24.5 Å². The summed E-state index contributed by atoms with van der Waals surface area (Å²) in [5.41, 5.74) is 4.08. The van der Waals surface area contributed by atoms with Gasteiger partial charge in [-0.2, -0.15) is 0 Å². The molecule has 2 unspecified atom stereocenters. The van der Waals surface area contributed by atoms with Crippen LogP contribution in [0, 0.1) is 6.92 Å². The van der Waals surface area contributed by atoms with Crippen molar-refractivity contribution in [2.45, 2.75) is 46.3 Å². The first-order valence-electron chi connectivity index (χ1n) is 13.0. The van der Waals surface area contributed by atoms with Crippen molar-refractivity contribution >= 4 is 28.8 Å². The number of aliphatic hydroxyl groups excluding tert-OH is 1. The molecule has 0 aliphatic carbocycles. The fourth-order valence-electron chi connectivity index (χ4n) is 5.40. The van der Waals surface area contributed by atoms with Gasteiger partial charge in [-0.25, -0.2) is 0 Å². The molecule has 38 heavy (non-hydrogen) atoms. The zero-order valence-electron chi connectivity index (χ0n) is 22.1. The average molecular weight is 513 g/mol. The Kier molecular flexibility index (Phi) is 6.61. The third-order valence-electron chi connectivity index (χ3n) is 7.34. The van der Waals surface area contributed by atoms with Gasteiger partial charge in [-0.05, 0) is 86.8 Å². The molecule has 2 heterocycles. The van der Waals surface area contributed by atoms with E-state index in [1.807, 2.05) is 44.2 Å². The number of carbonyl (C=O) groups is 2. The first-order chi connectivity index (χ1) is 18.2. The van der Waals surface area contributed by atoms with E-state index in [1.165, 1.54) is 11.0 Å². The number of hydrogen-bond donors (Lipinski definition) is 2. The van der Waals surface area contributed by atoms with E-state index in [0.29, 0.717) is 17.5 Å². The second-order valence-corrected chi connectivity index (χ2v) is 9.88. The van der Waals surface area contributed by atoms with E-state index >= 15 is 0 Å². The number of amides is 1. The molecule has 196 valence electrons. The van der Waals surface area contributed by atoms with Crippen LogP contribution in [-0.4, -0.2) is 41.1 Å². The van der Waals surface area contributed by atoms with E-state index in [2.05, 4.69) is 18.7 Å². The number of aliphatic hydroxyl groups is 1. The highest BCUT2D eigenvalue weighted by Crippen LogP contribution is 2.45. The minimum atomic E-state index is -0.920. The second kappa shape index (κ2) is 9.89. The lowest BCUT2D eigenvalue weighted by Crippen LogP contribution is -2.29. The first-order valence-corrected chi connectivity index (χ1v) is 13.0. The molecule has 1 saturated heterocycles. The molecule has 0 bridgehead atoms. The van der Waals surface area contributed by atoms with E-state index < -0.39 is 17.7 Å². The number of Topliss-reactive ketones (excluding diaryl/α,β-unsaturated/α-hetero) is 1. The highest BCUT2D eigenvalue weighted by molar-refractivity contribution is 6.52. The zero-order valence-corrected chi connectivity index (χ0v) is 22.1. The molecule has 7 nitrogen and oxygen atoms in total. The number of fused-ring (bicyclic) bond motifs is 1. The molecule has 5 rings (SSSR count). The average Bonchev–Trinajstić information content (AvgIpc) is 3.41. The number of phenols is 1. The van der Waals surface area contributed by atoms with Gasteiger partial charge in [0.2, 0.25) is 0 Å². The quantitative estimate of drug-likeness (QED) is 0.258. The normalized spacial score (nSPS) is 19.9. The maximum Gasteiger partial charge on any atom is 0.300 e. The van der Waals surface area contributed by atoms with Crippen molar-refractivity contribution in [3.63, 3.8) is 0 Å². The summed E-state index contributed by atoms with van der Waals surface area (Å²) in [6.45, 7) is 9.66. The Balaban J connectivity index is 1.68. The Morgan fingerprint density at radius 2 is 1.74 bits per heavy atom. The summed E-state index contributed by atoms with van der Waals surface area (Å²) >= 11 is 0. The number of ketones is 1. The maximum atomic E-state index is 13.5. The third-order valence-corrected chi connectivity index (χ3v) is 7.34. The number of carbonyl (C=O) groups excluding carboxylic acids is 2. The number of nitrogens with zero attached hydrogens (tertiary/aromatic N) is 2. The number of benzene rings is 3. The standard InChI is InChI=1S/C31H32N2O5/c1-5-32(6-2)23-11-8-20(9-12-23)28-27(29(35)21-10-14-26-22(17-21)16-19(4)38-26)30(36)31(37)33(28)24-15-18(3)7-13-25(24)34/h7-15,17,19,28,34-35H,5-6,16H2,1-4H3/b29-27-. The van der Waals surface area contributed by atoms with Crippen LogP contribution in [0.4, 0.5) is 11.4 Å². The van der Waals surface area contributed by atoms with Crippen molar-refractivity contribution in [1.29, 1.82) is 0 Å². The van der Waals surface area contributed by atoms with E-state index in [-0.39, 0.29) is 28.9 Å². The zero-order chi connectivity index (χ0) is 27.1. The molecule has 2 atom stereocenters. The van der Waals surface area contributed by atoms with Gasteiger partial charge in [-0.1, -0.05) is 18.2 Å². The van der Waals surface area contributed by atoms with Gasteiger partial charge in [0, 0.05) is 30.8 Å². The molecule has 0 spiro atoms. The van der Waals surface area contributed by atoms with E-state index in [0.717, 1.165) is 35.7 Å². The van der Waals surface area contributed by atoms with Crippen LogP contribution >= 0.6 is 0 Å². The van der Waals surface area contributed by atoms with E-state index in [4.69, 9.17) is 4.74 Å². The van der Waals surface area contributed by atoms with Crippen LogP contribution < -0.4 is 14.5 Å². The minimum absolute atomic E-state index is 0.0154. The predicted molar refractivity (Wildman–Crippen MR) is 148 cm³/mol. The largest absolute Gasteiger partial charge is 0.507 e. The van der Waals surface area contributed by atoms with E-state index in [9.17, 15) is 19.8 Å². The smallest absolute Gasteiger partial charge is 0.300 e. The Morgan fingerprint density at radius 1 is 1.03 bits per heavy atom. The molecule has 3 aromatic carbocycles. The van der Waals surface area contributed by atoms with Gasteiger partial charge in [-0.3, -0.25) is 14.5 Å². The van der Waals surface area contributed by atoms with Gasteiger partial charge in [-0.15, -0.1) is 0 Å². The Labute approximate surface area is 222 Å². The lowest BCUT2D eigenvalue weighted by Gasteiger charge is -2.27. The lowest BCUT2D eigenvalue weighted by atomic mass is 9.94. The fourth-order valence-corrected chi connectivity index (χ4v) is 5.40. The molecule has 0 saturated carbocycles. The molecule has 7 heteroatoms. The molecule has 3 aromatic rings. The summed E-state index contributed by atoms with van der Waals surface area (Å²) in [6.07, 6.45) is 0.722. The van der Waals surface area contributed by atoms with Crippen molar-refractivity contribution in [3.05, 3.63) is 88.5 Å². The van der Waals surface area contributed by atoms with Crippen LogP contribution in [0.1, 0.15) is 49.1 Å². The number of anilines is 2. The van der Waals surface area contributed by atoms with E-state index in [1.54, 1.807) is 24.3 Å². The summed E-state index contributed by atoms with van der Waals surface area (Å²) in [7, 11) is 0. The van der Waals surface area contributed by atoms with Crippen LogP contribution in [0.2, 0.25) is 0 Å². The summed E-state index contributed by atoms with van der Waals surface area (Å²) < 4.78 is 5.79. The van der Waals surface area contributed by atoms with Crippen LogP contribution in [0.15, 0.2) is 66.2 Å². The van der Waals surface area contributed by atoms with Crippen molar-refractivity contribution in [3.8, 4) is 11.5 Å².